The highest BCUT2D eigenvalue weighted by Crippen LogP contribution is 2.45. The fourth-order valence-corrected chi connectivity index (χ4v) is 15.1. The van der Waals surface area contributed by atoms with E-state index in [1.165, 1.54) is 49.1 Å². The van der Waals surface area contributed by atoms with Crippen molar-refractivity contribution in [1.82, 2.24) is 54.8 Å². The van der Waals surface area contributed by atoms with Gasteiger partial charge in [-0.3, -0.25) is 4.98 Å². The number of hydrogen-bond donors (Lipinski definition) is 0. The van der Waals surface area contributed by atoms with Crippen LogP contribution < -0.4 is 9.47 Å². The number of methoxy groups -OCH3 is 1. The van der Waals surface area contributed by atoms with E-state index in [9.17, 15) is 54.7 Å². The number of ether oxygens (including phenoxy) is 7. The largest absolute Gasteiger partial charge is 0.573 e. The third kappa shape index (κ3) is 19.2. The lowest BCUT2D eigenvalue weighted by molar-refractivity contribution is -0.275. The van der Waals surface area contributed by atoms with E-state index in [0.717, 1.165) is 41.1 Å². The number of cyclic esters (lactones) is 5. The highest BCUT2D eigenvalue weighted by molar-refractivity contribution is 6.30. The molecule has 39 heteroatoms. The van der Waals surface area contributed by atoms with Gasteiger partial charge in [-0.15, -0.1) is 13.2 Å². The number of carbonyl (C=O) groups excluding carboxylic acids is 5. The maximum Gasteiger partial charge on any atom is 0.573 e. The van der Waals surface area contributed by atoms with Crippen molar-refractivity contribution in [3.8, 4) is 68.7 Å². The van der Waals surface area contributed by atoms with E-state index < -0.39 is 90.0 Å². The number of esters is 5. The highest BCUT2D eigenvalue weighted by atomic mass is 35.5. The molecule has 20 rings (SSSR count). The Labute approximate surface area is 742 Å². The molecular formula is C89H55Cl5F7N11O16. The lowest BCUT2D eigenvalue weighted by Gasteiger charge is -2.15. The zero-order chi connectivity index (χ0) is 89.8. The van der Waals surface area contributed by atoms with Crippen molar-refractivity contribution in [2.75, 3.05) is 7.11 Å². The molecule has 0 radical (unpaired) electrons. The Bertz CT molecular complexity index is 6710. The summed E-state index contributed by atoms with van der Waals surface area (Å²) >= 11 is 30.1. The molecule has 10 aromatic heterocycles. The van der Waals surface area contributed by atoms with Crippen molar-refractivity contribution in [1.29, 1.82) is 0 Å². The molecule has 646 valence electrons. The summed E-state index contributed by atoms with van der Waals surface area (Å²) in [6.07, 6.45) is -1.93. The van der Waals surface area contributed by atoms with Crippen molar-refractivity contribution in [3.63, 3.8) is 0 Å². The first-order valence-electron chi connectivity index (χ1n) is 38.0. The number of nitrogens with zero attached hydrogens (tertiary/aromatic N) is 11. The second-order valence-corrected chi connectivity index (χ2v) is 29.7. The summed E-state index contributed by atoms with van der Waals surface area (Å²) in [6, 6.07) is 48.3. The number of fused-ring (bicyclic) bond motifs is 5. The van der Waals surface area contributed by atoms with E-state index in [0.29, 0.717) is 81.2 Å². The minimum Gasteiger partial charge on any atom is -0.497 e. The molecule has 5 atom stereocenters. The summed E-state index contributed by atoms with van der Waals surface area (Å²) < 4.78 is 150. The van der Waals surface area contributed by atoms with Crippen molar-refractivity contribution < 1.29 is 106 Å². The average Bonchev–Trinajstić information content (AvgIpc) is 1.63. The van der Waals surface area contributed by atoms with Crippen LogP contribution in [0.3, 0.4) is 0 Å². The molecule has 0 bridgehead atoms. The number of alkyl halides is 3. The van der Waals surface area contributed by atoms with Crippen molar-refractivity contribution in [2.45, 2.75) is 75.9 Å². The molecule has 5 aliphatic rings. The molecule has 0 N–H and O–H groups in total. The van der Waals surface area contributed by atoms with Crippen LogP contribution in [0.4, 0.5) is 30.7 Å². The number of rotatable bonds is 17. The first-order chi connectivity index (χ1) is 61.6. The second-order valence-electron chi connectivity index (χ2n) is 28.0. The summed E-state index contributed by atoms with van der Waals surface area (Å²) in [7, 11) is 1.61. The van der Waals surface area contributed by atoms with Gasteiger partial charge in [0.1, 0.15) is 156 Å². The van der Waals surface area contributed by atoms with Crippen LogP contribution in [0.15, 0.2) is 225 Å². The zero-order valence-corrected chi connectivity index (χ0v) is 69.3. The highest BCUT2D eigenvalue weighted by Gasteiger charge is 2.44. The van der Waals surface area contributed by atoms with Gasteiger partial charge >= 0.3 is 36.2 Å². The maximum absolute atomic E-state index is 13.9. The van der Waals surface area contributed by atoms with E-state index >= 15 is 0 Å². The molecule has 0 aliphatic carbocycles. The predicted molar refractivity (Wildman–Crippen MR) is 439 cm³/mol. The van der Waals surface area contributed by atoms with E-state index in [2.05, 4.69) is 59.6 Å². The molecule has 27 nitrogen and oxygen atoms in total. The number of benzene rings is 5. The van der Waals surface area contributed by atoms with Crippen LogP contribution in [0, 0.1) is 30.2 Å². The fourth-order valence-electron chi connectivity index (χ4n) is 14.2. The minimum atomic E-state index is -4.85. The van der Waals surface area contributed by atoms with Crippen LogP contribution in [-0.4, -0.2) is 98.1 Å². The summed E-state index contributed by atoms with van der Waals surface area (Å²) in [5.74, 6) is -3.40. The average molecular weight is 1840 g/mol. The van der Waals surface area contributed by atoms with E-state index in [1.807, 2.05) is 60.7 Å². The smallest absolute Gasteiger partial charge is 0.497 e. The number of aryl methyl sites for hydroxylation is 1. The molecule has 5 aliphatic heterocycles. The molecule has 0 saturated carbocycles. The SMILES string of the molecule is COc1ccc(CC2OC(=O)c3c(-c4ccco4)nc(Cl)nc32)cc1.Cc1ccc(-c2nc(Cl)nc3c2C(=O)OC3Cc2ccc(F)cc2F)o1.O=C1OC(Cc2c(F)cccc2F)c2nc(Cl)nc(-c3ccco3)c21.O=C1OC(Cc2ccccc2)c2nc(Cl)nc(-c3ccccn3)c21.O=C1OC(Cc2ccccc2OC(F)(F)F)c2nc(Cl)nc(-c3ccco3)c21. The normalized spacial score (nSPS) is 15.9. The number of aromatic nitrogens is 11. The van der Waals surface area contributed by atoms with E-state index in [4.69, 9.17) is 104 Å². The molecule has 0 amide bonds. The monoisotopic (exact) mass is 1840 g/mol. The molecule has 5 aromatic carbocycles. The van der Waals surface area contributed by atoms with Gasteiger partial charge in [-0.1, -0.05) is 78.9 Å². The molecule has 0 fully saturated rings. The third-order valence-electron chi connectivity index (χ3n) is 19.8. The molecule has 15 heterocycles. The third-order valence-corrected chi connectivity index (χ3v) is 20.7. The van der Waals surface area contributed by atoms with Gasteiger partial charge in [0.15, 0.2) is 23.0 Å². The number of furan rings is 4. The molecule has 5 unspecified atom stereocenters. The quantitative estimate of drug-likeness (QED) is 0.0354. The molecule has 15 aromatic rings. The van der Waals surface area contributed by atoms with Crippen molar-refractivity contribution in [3.05, 3.63) is 347 Å². The van der Waals surface area contributed by atoms with Gasteiger partial charge in [0.05, 0.1) is 31.6 Å². The summed E-state index contributed by atoms with van der Waals surface area (Å²) in [6.45, 7) is 1.75. The standard InChI is InChI=1S/C18H10ClF3N2O4.C18H11ClF2N2O3.C18H12ClN3O2.C18H13ClN2O4.C17H9ClF2N2O3/c19-17-23-14(11-6-3-7-26-11)13-15(24-17)12(27-16(13)25)8-9-4-1-2-5-10(9)28-18(20,21)22;1-8-2-5-12(25-8)15-14-16(23-18(19)22-15)13(26-17(14)24)6-9-3-4-10(20)7-11(9)21;19-18-21-15(12-8-4-5-9-20-12)14-16(22-18)13(24-17(14)23)10-11-6-2-1-3-7-11;1-23-11-6-4-10(5-7-11)9-13-16-14(17(22)25-13)15(20-18(19)21-16)12-3-2-8-24-12;18-17-21-14(11-5-2-6-24-11)13-15(22-17)12(25-16(13)23)7-8-9(19)3-1-4-10(8)20/h1-7,12H,8H2;2-5,7,13H,6H2,1H3;1-9,13H,10H2;2-8,13H,9H2,1H3;1-6,12H,7H2. The van der Waals surface area contributed by atoms with Crippen LogP contribution in [0.1, 0.15) is 144 Å². The first kappa shape index (κ1) is 87.2. The number of para-hydroxylation sites is 1. The van der Waals surface area contributed by atoms with Gasteiger partial charge in [0, 0.05) is 49.9 Å². The van der Waals surface area contributed by atoms with Crippen LogP contribution >= 0.6 is 58.0 Å². The molecule has 128 heavy (non-hydrogen) atoms. The topological polar surface area (TPSA) is 344 Å². The summed E-state index contributed by atoms with van der Waals surface area (Å²) in [5, 5.41) is -0.236. The number of carbonyl (C=O) groups is 5. The first-order valence-corrected chi connectivity index (χ1v) is 39.9. The lowest BCUT2D eigenvalue weighted by atomic mass is 10.0. The predicted octanol–water partition coefficient (Wildman–Crippen LogP) is 20.8. The summed E-state index contributed by atoms with van der Waals surface area (Å²) in [5.41, 5.74) is 6.67. The lowest BCUT2D eigenvalue weighted by Crippen LogP contribution is -2.18. The van der Waals surface area contributed by atoms with E-state index in [1.54, 1.807) is 87.0 Å². The Hall–Kier alpha value is -14.3. The van der Waals surface area contributed by atoms with Crippen LogP contribution in [-0.2, 0) is 55.8 Å². The fraction of sp³-hybridized carbons (Fsp3) is 0.146. The van der Waals surface area contributed by atoms with Crippen LogP contribution in [0.5, 0.6) is 11.5 Å². The molecular weight excluding hydrogens is 1790 g/mol. The number of hydrogen-bond acceptors (Lipinski definition) is 27. The van der Waals surface area contributed by atoms with Crippen LogP contribution in [0.2, 0.25) is 26.4 Å². The number of pyridine rings is 1. The van der Waals surface area contributed by atoms with Gasteiger partial charge in [0.2, 0.25) is 26.4 Å². The van der Waals surface area contributed by atoms with Crippen molar-refractivity contribution in [2.24, 2.45) is 0 Å². The van der Waals surface area contributed by atoms with Gasteiger partial charge in [-0.25, -0.2) is 91.4 Å². The van der Waals surface area contributed by atoms with E-state index in [-0.39, 0.29) is 119 Å². The Kier molecular flexibility index (Phi) is 25.5. The molecule has 0 spiro atoms. The molecule has 0 saturated heterocycles. The van der Waals surface area contributed by atoms with Crippen molar-refractivity contribution >= 4 is 87.9 Å². The zero-order valence-electron chi connectivity index (χ0n) is 65.5. The summed E-state index contributed by atoms with van der Waals surface area (Å²) in [4.78, 5) is 107. The Balaban J connectivity index is 0.000000118. The Morgan fingerprint density at radius 1 is 0.375 bits per heavy atom. The second kappa shape index (κ2) is 37.5. The van der Waals surface area contributed by atoms with Gasteiger partial charge < -0.3 is 50.8 Å². The van der Waals surface area contributed by atoms with Gasteiger partial charge in [0.25, 0.3) is 0 Å². The van der Waals surface area contributed by atoms with Crippen LogP contribution in [0.25, 0.3) is 57.2 Å². The Morgan fingerprint density at radius 2 is 0.781 bits per heavy atom. The van der Waals surface area contributed by atoms with Gasteiger partial charge in [-0.2, -0.15) is 0 Å². The number of halogens is 12. The minimum absolute atomic E-state index is 0.00514. The van der Waals surface area contributed by atoms with Gasteiger partial charge in [-0.05, 0) is 184 Å². The maximum atomic E-state index is 13.9. The Morgan fingerprint density at radius 3 is 1.20 bits per heavy atom.